The third kappa shape index (κ3) is 1.49. The summed E-state index contributed by atoms with van der Waals surface area (Å²) < 4.78 is 0. The van der Waals surface area contributed by atoms with Crippen LogP contribution in [0.2, 0.25) is 0 Å². The van der Waals surface area contributed by atoms with Crippen LogP contribution in [0.3, 0.4) is 0 Å². The van der Waals surface area contributed by atoms with E-state index in [2.05, 4.69) is 39.9 Å². The van der Waals surface area contributed by atoms with Gasteiger partial charge >= 0.3 is 0 Å². The minimum absolute atomic E-state index is 0.0794. The van der Waals surface area contributed by atoms with E-state index in [-0.39, 0.29) is 11.6 Å². The molecule has 0 amide bonds. The Balaban J connectivity index is 3.01. The third-order valence-corrected chi connectivity index (χ3v) is 5.20. The Bertz CT molecular complexity index is 212. The van der Waals surface area contributed by atoms with Crippen molar-refractivity contribution in [1.82, 2.24) is 5.32 Å². The molecule has 2 nitrogen and oxygen atoms in total. The fraction of sp³-hybridized carbons (Fsp3) is 1.00. The van der Waals surface area contributed by atoms with E-state index < -0.39 is 0 Å². The van der Waals surface area contributed by atoms with Gasteiger partial charge in [-0.3, -0.25) is 0 Å². The summed E-state index contributed by atoms with van der Waals surface area (Å²) in [5.41, 5.74) is 6.71. The largest absolute Gasteiger partial charge is 0.326 e. The molecule has 4 atom stereocenters. The maximum atomic E-state index is 6.26. The maximum Gasteiger partial charge on any atom is 0.0332 e. The van der Waals surface area contributed by atoms with Gasteiger partial charge in [0.05, 0.1) is 0 Å². The molecule has 1 aliphatic carbocycles. The minimum Gasteiger partial charge on any atom is -0.326 e. The number of hydrogen-bond donors (Lipinski definition) is 2. The monoisotopic (exact) mass is 198 g/mol. The fourth-order valence-corrected chi connectivity index (χ4v) is 2.85. The van der Waals surface area contributed by atoms with E-state index in [9.17, 15) is 0 Å². The molecule has 84 valence electrons. The lowest BCUT2D eigenvalue weighted by Crippen LogP contribution is -2.66. The van der Waals surface area contributed by atoms with Crippen molar-refractivity contribution in [2.45, 2.75) is 52.6 Å². The van der Waals surface area contributed by atoms with Crippen LogP contribution < -0.4 is 11.1 Å². The van der Waals surface area contributed by atoms with Crippen LogP contribution in [0.4, 0.5) is 0 Å². The number of nitrogens with one attached hydrogen (secondary N) is 1. The molecular weight excluding hydrogens is 172 g/mol. The Morgan fingerprint density at radius 3 is 2.14 bits per heavy atom. The molecule has 2 heteroatoms. The second kappa shape index (κ2) is 3.49. The Morgan fingerprint density at radius 2 is 1.71 bits per heavy atom. The quantitative estimate of drug-likeness (QED) is 0.676. The highest BCUT2D eigenvalue weighted by Crippen LogP contribution is 2.48. The van der Waals surface area contributed by atoms with E-state index in [0.29, 0.717) is 17.3 Å². The van der Waals surface area contributed by atoms with E-state index >= 15 is 0 Å². The van der Waals surface area contributed by atoms with Crippen molar-refractivity contribution in [1.29, 1.82) is 0 Å². The molecule has 2 unspecified atom stereocenters. The molecular formula is C12H26N2. The van der Waals surface area contributed by atoms with Crippen LogP contribution in [0.5, 0.6) is 0 Å². The molecule has 0 radical (unpaired) electrons. The second-order valence-corrected chi connectivity index (χ2v) is 5.82. The molecule has 0 aromatic carbocycles. The first-order valence-corrected chi connectivity index (χ1v) is 5.71. The van der Waals surface area contributed by atoms with Gasteiger partial charge in [-0.1, -0.05) is 27.7 Å². The molecule has 1 aliphatic rings. The summed E-state index contributed by atoms with van der Waals surface area (Å²) in [5, 5.41) is 3.43. The van der Waals surface area contributed by atoms with E-state index in [4.69, 9.17) is 5.73 Å². The average Bonchev–Trinajstić information content (AvgIpc) is 2.13. The van der Waals surface area contributed by atoms with Gasteiger partial charge in [0.25, 0.3) is 0 Å². The molecule has 0 heterocycles. The van der Waals surface area contributed by atoms with Crippen LogP contribution in [0.25, 0.3) is 0 Å². The summed E-state index contributed by atoms with van der Waals surface area (Å²) in [7, 11) is 2.03. The van der Waals surface area contributed by atoms with E-state index in [1.807, 2.05) is 7.05 Å². The summed E-state index contributed by atoms with van der Waals surface area (Å²) >= 11 is 0. The van der Waals surface area contributed by atoms with Crippen LogP contribution in [-0.4, -0.2) is 18.6 Å². The van der Waals surface area contributed by atoms with Gasteiger partial charge in [0.2, 0.25) is 0 Å². The Kier molecular flexibility index (Phi) is 2.99. The number of likely N-dealkylation sites (N-methyl/N-ethyl adjacent to an activating group) is 1. The summed E-state index contributed by atoms with van der Waals surface area (Å²) in [6.07, 6.45) is 1.12. The van der Waals surface area contributed by atoms with Gasteiger partial charge in [-0.2, -0.15) is 0 Å². The molecule has 0 spiro atoms. The van der Waals surface area contributed by atoms with Crippen LogP contribution in [0.1, 0.15) is 41.0 Å². The van der Waals surface area contributed by atoms with Crippen LogP contribution in [0.15, 0.2) is 0 Å². The highest BCUT2D eigenvalue weighted by Gasteiger charge is 2.50. The lowest BCUT2D eigenvalue weighted by molar-refractivity contribution is -0.00786. The topological polar surface area (TPSA) is 38.0 Å². The summed E-state index contributed by atoms with van der Waals surface area (Å²) in [6, 6.07) is 0.269. The van der Waals surface area contributed by atoms with Gasteiger partial charge in [-0.15, -0.1) is 0 Å². The zero-order valence-electron chi connectivity index (χ0n) is 10.5. The molecule has 3 N–H and O–H groups in total. The van der Waals surface area contributed by atoms with Crippen LogP contribution in [-0.2, 0) is 0 Å². The highest BCUT2D eigenvalue weighted by atomic mass is 15.0. The van der Waals surface area contributed by atoms with Gasteiger partial charge in [0.15, 0.2) is 0 Å². The van der Waals surface area contributed by atoms with Gasteiger partial charge in [-0.25, -0.2) is 0 Å². The van der Waals surface area contributed by atoms with E-state index in [0.717, 1.165) is 6.42 Å². The first-order chi connectivity index (χ1) is 6.26. The first-order valence-electron chi connectivity index (χ1n) is 5.71. The van der Waals surface area contributed by atoms with E-state index in [1.54, 1.807) is 0 Å². The fourth-order valence-electron chi connectivity index (χ4n) is 2.85. The molecule has 0 bridgehead atoms. The lowest BCUT2D eigenvalue weighted by Gasteiger charge is -2.55. The standard InChI is InChI=1S/C12H26N2/c1-8-7-10(13)12(5,14-6)9(2)11(8,3)4/h8-10,14H,7,13H2,1-6H3/t8?,9?,10-,12-/m1/s1. The third-order valence-electron chi connectivity index (χ3n) is 5.20. The van der Waals surface area contributed by atoms with Crippen LogP contribution in [0, 0.1) is 17.3 Å². The summed E-state index contributed by atoms with van der Waals surface area (Å²) in [6.45, 7) is 11.6. The molecule has 1 rings (SSSR count). The predicted molar refractivity (Wildman–Crippen MR) is 62.2 cm³/mol. The minimum atomic E-state index is 0.0794. The summed E-state index contributed by atoms with van der Waals surface area (Å²) in [4.78, 5) is 0. The molecule has 0 aromatic heterocycles. The molecule has 14 heavy (non-hydrogen) atoms. The molecule has 1 fully saturated rings. The molecule has 0 aromatic rings. The zero-order valence-corrected chi connectivity index (χ0v) is 10.5. The maximum absolute atomic E-state index is 6.26. The average molecular weight is 198 g/mol. The number of hydrogen-bond acceptors (Lipinski definition) is 2. The molecule has 0 aliphatic heterocycles. The van der Waals surface area contributed by atoms with Crippen molar-refractivity contribution in [3.8, 4) is 0 Å². The Labute approximate surface area is 88.6 Å². The highest BCUT2D eigenvalue weighted by molar-refractivity contribution is 5.07. The van der Waals surface area contributed by atoms with Crippen molar-refractivity contribution in [2.24, 2.45) is 23.0 Å². The molecule has 0 saturated heterocycles. The first kappa shape index (κ1) is 12.0. The normalized spacial score (nSPS) is 47.8. The summed E-state index contributed by atoms with van der Waals surface area (Å²) in [5.74, 6) is 1.30. The SMILES string of the molecule is CN[C@]1(C)C(C)C(C)(C)C(C)C[C@H]1N. The van der Waals surface area contributed by atoms with Crippen molar-refractivity contribution < 1.29 is 0 Å². The van der Waals surface area contributed by atoms with Crippen LogP contribution >= 0.6 is 0 Å². The number of nitrogens with two attached hydrogens (primary N) is 1. The Morgan fingerprint density at radius 1 is 1.21 bits per heavy atom. The Hall–Kier alpha value is -0.0800. The van der Waals surface area contributed by atoms with Crippen molar-refractivity contribution in [3.63, 3.8) is 0 Å². The van der Waals surface area contributed by atoms with Crippen molar-refractivity contribution in [3.05, 3.63) is 0 Å². The van der Waals surface area contributed by atoms with Gasteiger partial charge in [0.1, 0.15) is 0 Å². The van der Waals surface area contributed by atoms with Crippen molar-refractivity contribution in [2.75, 3.05) is 7.05 Å². The number of rotatable bonds is 1. The lowest BCUT2D eigenvalue weighted by atomic mass is 9.55. The van der Waals surface area contributed by atoms with Gasteiger partial charge < -0.3 is 11.1 Å². The smallest absolute Gasteiger partial charge is 0.0332 e. The van der Waals surface area contributed by atoms with Crippen molar-refractivity contribution >= 4 is 0 Å². The van der Waals surface area contributed by atoms with E-state index in [1.165, 1.54) is 0 Å². The molecule has 1 saturated carbocycles. The zero-order chi connectivity index (χ0) is 11.1. The predicted octanol–water partition coefficient (Wildman–Crippen LogP) is 1.99. The second-order valence-electron chi connectivity index (χ2n) is 5.82. The van der Waals surface area contributed by atoms with Gasteiger partial charge in [0, 0.05) is 11.6 Å². The van der Waals surface area contributed by atoms with Gasteiger partial charge in [-0.05, 0) is 37.6 Å².